The maximum Gasteiger partial charge on any atom is 0.126 e. The molecule has 0 radical (unpaired) electrons. The van der Waals surface area contributed by atoms with Crippen LogP contribution >= 0.6 is 0 Å². The van der Waals surface area contributed by atoms with Gasteiger partial charge in [-0.05, 0) is 24.0 Å². The van der Waals surface area contributed by atoms with Crippen LogP contribution in [0.5, 0.6) is 5.75 Å². The van der Waals surface area contributed by atoms with E-state index in [0.717, 1.165) is 12.0 Å². The Bertz CT molecular complexity index is 329. The lowest BCUT2D eigenvalue weighted by atomic mass is 9.85. The lowest BCUT2D eigenvalue weighted by molar-refractivity contribution is 0.351. The van der Waals surface area contributed by atoms with Gasteiger partial charge in [0.15, 0.2) is 0 Å². The van der Waals surface area contributed by atoms with Gasteiger partial charge in [0.05, 0.1) is 0 Å². The van der Waals surface area contributed by atoms with Crippen molar-refractivity contribution >= 4 is 0 Å². The molecule has 1 saturated carbocycles. The summed E-state index contributed by atoms with van der Waals surface area (Å²) in [6.45, 7) is 0. The third-order valence-electron chi connectivity index (χ3n) is 3.28. The fourth-order valence-electron chi connectivity index (χ4n) is 2.41. The van der Waals surface area contributed by atoms with E-state index in [0.29, 0.717) is 5.92 Å². The van der Waals surface area contributed by atoms with Gasteiger partial charge in [-0.25, -0.2) is 4.39 Å². The normalized spacial score (nSPS) is 17.9. The smallest absolute Gasteiger partial charge is 0.126 e. The molecule has 2 rings (SSSR count). The maximum atomic E-state index is 12.8. The Morgan fingerprint density at radius 2 is 1.93 bits per heavy atom. The predicted octanol–water partition coefficient (Wildman–Crippen LogP) is 3.65. The van der Waals surface area contributed by atoms with Gasteiger partial charge in [0.25, 0.3) is 0 Å². The number of benzene rings is 1. The summed E-state index contributed by atoms with van der Waals surface area (Å²) in [6, 6.07) is 4.34. The Hall–Kier alpha value is -1.05. The molecule has 0 aliphatic heterocycles. The van der Waals surface area contributed by atoms with Crippen molar-refractivity contribution < 1.29 is 9.50 Å². The van der Waals surface area contributed by atoms with Crippen LogP contribution in [0.15, 0.2) is 18.2 Å². The van der Waals surface area contributed by atoms with Gasteiger partial charge in [-0.15, -0.1) is 0 Å². The molecular formula is C13H17FO. The molecule has 0 bridgehead atoms. The highest BCUT2D eigenvalue weighted by atomic mass is 19.1. The van der Waals surface area contributed by atoms with Crippen molar-refractivity contribution in [2.24, 2.45) is 5.92 Å². The molecule has 0 heterocycles. The van der Waals surface area contributed by atoms with Crippen molar-refractivity contribution in [3.8, 4) is 5.75 Å². The van der Waals surface area contributed by atoms with Crippen LogP contribution in [0.1, 0.15) is 37.7 Å². The molecule has 1 aliphatic rings. The Balaban J connectivity index is 2.03. The van der Waals surface area contributed by atoms with Crippen molar-refractivity contribution in [1.29, 1.82) is 0 Å². The molecule has 2 heteroatoms. The number of phenols is 1. The van der Waals surface area contributed by atoms with Crippen LogP contribution in [-0.2, 0) is 6.42 Å². The van der Waals surface area contributed by atoms with Crippen LogP contribution in [0.4, 0.5) is 4.39 Å². The summed E-state index contributed by atoms with van der Waals surface area (Å²) in [5.41, 5.74) is 0.892. The summed E-state index contributed by atoms with van der Waals surface area (Å²) in [7, 11) is 0. The highest BCUT2D eigenvalue weighted by molar-refractivity contribution is 5.32. The molecular weight excluding hydrogens is 191 g/mol. The molecule has 0 spiro atoms. The zero-order valence-electron chi connectivity index (χ0n) is 8.88. The zero-order chi connectivity index (χ0) is 10.7. The van der Waals surface area contributed by atoms with Gasteiger partial charge >= 0.3 is 0 Å². The topological polar surface area (TPSA) is 20.2 Å². The molecule has 1 aromatic carbocycles. The number of rotatable bonds is 2. The van der Waals surface area contributed by atoms with E-state index in [2.05, 4.69) is 0 Å². The number of hydrogen-bond acceptors (Lipinski definition) is 1. The van der Waals surface area contributed by atoms with E-state index < -0.39 is 0 Å². The van der Waals surface area contributed by atoms with Gasteiger partial charge in [-0.2, -0.15) is 0 Å². The molecule has 0 saturated heterocycles. The highest BCUT2D eigenvalue weighted by Gasteiger charge is 2.15. The maximum absolute atomic E-state index is 12.8. The summed E-state index contributed by atoms with van der Waals surface area (Å²) in [5.74, 6) is 0.426. The van der Waals surface area contributed by atoms with E-state index in [1.54, 1.807) is 6.07 Å². The van der Waals surface area contributed by atoms with Crippen LogP contribution < -0.4 is 0 Å². The number of halogens is 1. The summed E-state index contributed by atoms with van der Waals surface area (Å²) in [4.78, 5) is 0. The number of hydrogen-bond donors (Lipinski definition) is 1. The molecule has 0 unspecified atom stereocenters. The van der Waals surface area contributed by atoms with E-state index in [1.165, 1.54) is 44.2 Å². The molecule has 1 aliphatic carbocycles. The van der Waals surface area contributed by atoms with Gasteiger partial charge in [0, 0.05) is 6.07 Å². The van der Waals surface area contributed by atoms with Crippen LogP contribution in [0, 0.1) is 11.7 Å². The molecule has 0 aromatic heterocycles. The van der Waals surface area contributed by atoms with E-state index in [9.17, 15) is 9.50 Å². The number of phenolic OH excluding ortho intramolecular Hbond substituents is 1. The zero-order valence-corrected chi connectivity index (χ0v) is 8.88. The summed E-state index contributed by atoms with van der Waals surface area (Å²) >= 11 is 0. The Kier molecular flexibility index (Phi) is 3.24. The quantitative estimate of drug-likeness (QED) is 0.786. The largest absolute Gasteiger partial charge is 0.508 e. The lowest BCUT2D eigenvalue weighted by Crippen LogP contribution is -2.09. The SMILES string of the molecule is Oc1cc(F)ccc1CC1CCCCC1. The van der Waals surface area contributed by atoms with E-state index in [-0.39, 0.29) is 11.6 Å². The van der Waals surface area contributed by atoms with Crippen LogP contribution in [0.3, 0.4) is 0 Å². The van der Waals surface area contributed by atoms with Gasteiger partial charge in [-0.1, -0.05) is 38.2 Å². The van der Waals surface area contributed by atoms with E-state index in [1.807, 2.05) is 0 Å². The molecule has 15 heavy (non-hydrogen) atoms. The first-order valence-corrected chi connectivity index (χ1v) is 5.73. The van der Waals surface area contributed by atoms with Crippen LogP contribution in [0.2, 0.25) is 0 Å². The Morgan fingerprint density at radius 1 is 1.20 bits per heavy atom. The summed E-state index contributed by atoms with van der Waals surface area (Å²) in [5, 5.41) is 9.58. The third-order valence-corrected chi connectivity index (χ3v) is 3.28. The van der Waals surface area contributed by atoms with E-state index in [4.69, 9.17) is 0 Å². The molecule has 1 N–H and O–H groups in total. The second-order valence-electron chi connectivity index (χ2n) is 4.48. The average molecular weight is 208 g/mol. The molecule has 1 fully saturated rings. The molecule has 0 amide bonds. The first-order valence-electron chi connectivity index (χ1n) is 5.73. The minimum Gasteiger partial charge on any atom is -0.508 e. The first-order chi connectivity index (χ1) is 7.25. The average Bonchev–Trinajstić information content (AvgIpc) is 2.24. The van der Waals surface area contributed by atoms with Crippen molar-refractivity contribution in [3.63, 3.8) is 0 Å². The Morgan fingerprint density at radius 3 is 2.60 bits per heavy atom. The van der Waals surface area contributed by atoms with Crippen LogP contribution in [-0.4, -0.2) is 5.11 Å². The minimum absolute atomic E-state index is 0.112. The third kappa shape index (κ3) is 2.71. The second kappa shape index (κ2) is 4.65. The Labute approximate surface area is 89.9 Å². The second-order valence-corrected chi connectivity index (χ2v) is 4.48. The van der Waals surface area contributed by atoms with Gasteiger partial charge in [0.1, 0.15) is 11.6 Å². The summed E-state index contributed by atoms with van der Waals surface area (Å²) in [6.07, 6.45) is 7.32. The molecule has 1 nitrogen and oxygen atoms in total. The predicted molar refractivity (Wildman–Crippen MR) is 58.3 cm³/mol. The fourth-order valence-corrected chi connectivity index (χ4v) is 2.41. The first kappa shape index (κ1) is 10.5. The summed E-state index contributed by atoms with van der Waals surface area (Å²) < 4.78 is 12.8. The molecule has 0 atom stereocenters. The molecule has 82 valence electrons. The molecule has 1 aromatic rings. The minimum atomic E-state index is -0.361. The highest BCUT2D eigenvalue weighted by Crippen LogP contribution is 2.29. The number of aromatic hydroxyl groups is 1. The van der Waals surface area contributed by atoms with E-state index >= 15 is 0 Å². The lowest BCUT2D eigenvalue weighted by Gasteiger charge is -2.21. The van der Waals surface area contributed by atoms with Crippen molar-refractivity contribution in [3.05, 3.63) is 29.6 Å². The van der Waals surface area contributed by atoms with Crippen LogP contribution in [0.25, 0.3) is 0 Å². The fraction of sp³-hybridized carbons (Fsp3) is 0.538. The van der Waals surface area contributed by atoms with Gasteiger partial charge < -0.3 is 5.11 Å². The monoisotopic (exact) mass is 208 g/mol. The van der Waals surface area contributed by atoms with Gasteiger partial charge in [-0.3, -0.25) is 0 Å². The van der Waals surface area contributed by atoms with Crippen molar-refractivity contribution in [1.82, 2.24) is 0 Å². The van der Waals surface area contributed by atoms with Crippen molar-refractivity contribution in [2.75, 3.05) is 0 Å². The van der Waals surface area contributed by atoms with Gasteiger partial charge in [0.2, 0.25) is 0 Å². The van der Waals surface area contributed by atoms with Crippen molar-refractivity contribution in [2.45, 2.75) is 38.5 Å². The standard InChI is InChI=1S/C13H17FO/c14-12-7-6-11(13(15)9-12)8-10-4-2-1-3-5-10/h6-7,9-10,15H,1-5,8H2.